The van der Waals surface area contributed by atoms with Gasteiger partial charge in [-0.05, 0) is 37.5 Å². The number of carbonyl (C=O) groups excluding carboxylic acids is 2. The fourth-order valence-corrected chi connectivity index (χ4v) is 4.12. The van der Waals surface area contributed by atoms with E-state index in [1.54, 1.807) is 6.92 Å². The van der Waals surface area contributed by atoms with Crippen LogP contribution in [-0.4, -0.2) is 25.0 Å². The number of esters is 1. The van der Waals surface area contributed by atoms with E-state index >= 15 is 0 Å². The standard InChI is InChI=1S/C24H26N2O3S/c1-4-17-8-6-7-9-20(17)25-14-21(27)26-23-22(24(28)29-5-2)19(15-30-23)18-12-10-16(3)11-13-18/h6-13,15,25H,4-5,14H2,1-3H3,(H,26,27). The average Bonchev–Trinajstić information content (AvgIpc) is 3.16. The molecule has 3 rings (SSSR count). The third kappa shape index (κ3) is 5.07. The van der Waals surface area contributed by atoms with Gasteiger partial charge >= 0.3 is 5.97 Å². The van der Waals surface area contributed by atoms with Gasteiger partial charge in [0.2, 0.25) is 5.91 Å². The fourth-order valence-electron chi connectivity index (χ4n) is 3.15. The van der Waals surface area contributed by atoms with Crippen LogP contribution in [0.2, 0.25) is 0 Å². The van der Waals surface area contributed by atoms with Crippen molar-refractivity contribution in [1.29, 1.82) is 0 Å². The molecule has 30 heavy (non-hydrogen) atoms. The van der Waals surface area contributed by atoms with Crippen LogP contribution < -0.4 is 10.6 Å². The lowest BCUT2D eigenvalue weighted by atomic mass is 10.0. The summed E-state index contributed by atoms with van der Waals surface area (Å²) in [5.74, 6) is -0.655. The molecule has 0 fully saturated rings. The number of nitrogens with one attached hydrogen (secondary N) is 2. The molecule has 0 aliphatic carbocycles. The Kier molecular flexibility index (Phi) is 7.25. The van der Waals surface area contributed by atoms with Gasteiger partial charge in [-0.15, -0.1) is 11.3 Å². The zero-order valence-electron chi connectivity index (χ0n) is 17.5. The Morgan fingerprint density at radius 3 is 2.47 bits per heavy atom. The van der Waals surface area contributed by atoms with E-state index in [1.807, 2.05) is 60.8 Å². The van der Waals surface area contributed by atoms with Crippen LogP contribution in [-0.2, 0) is 16.0 Å². The normalized spacial score (nSPS) is 10.5. The molecule has 0 bridgehead atoms. The van der Waals surface area contributed by atoms with Gasteiger partial charge in [-0.3, -0.25) is 4.79 Å². The van der Waals surface area contributed by atoms with Crippen molar-refractivity contribution in [1.82, 2.24) is 0 Å². The Balaban J connectivity index is 1.80. The van der Waals surface area contributed by atoms with Crippen LogP contribution in [0.25, 0.3) is 11.1 Å². The van der Waals surface area contributed by atoms with Crippen molar-refractivity contribution in [2.24, 2.45) is 0 Å². The first kappa shape index (κ1) is 21.6. The largest absolute Gasteiger partial charge is 0.462 e. The molecule has 0 aliphatic heterocycles. The molecule has 1 aromatic heterocycles. The Labute approximate surface area is 181 Å². The van der Waals surface area contributed by atoms with E-state index in [2.05, 4.69) is 17.6 Å². The minimum absolute atomic E-state index is 0.108. The molecule has 0 unspecified atom stereocenters. The summed E-state index contributed by atoms with van der Waals surface area (Å²) in [6, 6.07) is 15.8. The maximum atomic E-state index is 12.6. The first-order chi connectivity index (χ1) is 14.5. The summed E-state index contributed by atoms with van der Waals surface area (Å²) in [5.41, 5.74) is 5.29. The number of aryl methyl sites for hydroxylation is 2. The third-order valence-electron chi connectivity index (χ3n) is 4.72. The van der Waals surface area contributed by atoms with E-state index in [0.717, 1.165) is 34.4 Å². The molecule has 0 saturated heterocycles. The molecular formula is C24H26N2O3S. The highest BCUT2D eigenvalue weighted by molar-refractivity contribution is 7.15. The van der Waals surface area contributed by atoms with E-state index < -0.39 is 5.97 Å². The second-order valence-electron chi connectivity index (χ2n) is 6.85. The highest BCUT2D eigenvalue weighted by Gasteiger charge is 2.22. The summed E-state index contributed by atoms with van der Waals surface area (Å²) < 4.78 is 5.25. The Morgan fingerprint density at radius 2 is 1.77 bits per heavy atom. The van der Waals surface area contributed by atoms with Crippen LogP contribution in [0.4, 0.5) is 10.7 Å². The van der Waals surface area contributed by atoms with Gasteiger partial charge < -0.3 is 15.4 Å². The summed E-state index contributed by atoms with van der Waals surface area (Å²) in [4.78, 5) is 25.2. The van der Waals surface area contributed by atoms with Crippen molar-refractivity contribution < 1.29 is 14.3 Å². The minimum atomic E-state index is -0.436. The number of anilines is 2. The number of amides is 1. The highest BCUT2D eigenvalue weighted by Crippen LogP contribution is 2.36. The lowest BCUT2D eigenvalue weighted by Gasteiger charge is -2.12. The SMILES string of the molecule is CCOC(=O)c1c(-c2ccc(C)cc2)csc1NC(=O)CNc1ccccc1CC. The second kappa shape index (κ2) is 10.1. The van der Waals surface area contributed by atoms with Crippen LogP contribution in [0.15, 0.2) is 53.9 Å². The first-order valence-electron chi connectivity index (χ1n) is 10.0. The summed E-state index contributed by atoms with van der Waals surface area (Å²) in [6.45, 7) is 6.23. The predicted molar refractivity (Wildman–Crippen MR) is 123 cm³/mol. The van der Waals surface area contributed by atoms with Crippen LogP contribution in [0.5, 0.6) is 0 Å². The Bertz CT molecular complexity index is 1030. The van der Waals surface area contributed by atoms with Gasteiger partial charge in [-0.1, -0.05) is 55.0 Å². The lowest BCUT2D eigenvalue weighted by Crippen LogP contribution is -2.23. The van der Waals surface area contributed by atoms with E-state index in [4.69, 9.17) is 4.74 Å². The maximum Gasteiger partial charge on any atom is 0.341 e. The van der Waals surface area contributed by atoms with Crippen molar-refractivity contribution >= 4 is 33.9 Å². The molecule has 0 atom stereocenters. The van der Waals surface area contributed by atoms with Crippen molar-refractivity contribution in [3.8, 4) is 11.1 Å². The number of benzene rings is 2. The molecule has 5 nitrogen and oxygen atoms in total. The molecule has 1 amide bonds. The van der Waals surface area contributed by atoms with Crippen LogP contribution in [0.3, 0.4) is 0 Å². The Morgan fingerprint density at radius 1 is 1.03 bits per heavy atom. The molecule has 2 aromatic carbocycles. The van der Waals surface area contributed by atoms with Gasteiger partial charge in [0.05, 0.1) is 13.2 Å². The van der Waals surface area contributed by atoms with Crippen molar-refractivity contribution in [3.05, 3.63) is 70.6 Å². The molecule has 0 aliphatic rings. The van der Waals surface area contributed by atoms with E-state index in [-0.39, 0.29) is 19.1 Å². The number of para-hydroxylation sites is 1. The number of thiophene rings is 1. The predicted octanol–water partition coefficient (Wildman–Crippen LogP) is 5.51. The zero-order chi connectivity index (χ0) is 21.5. The third-order valence-corrected chi connectivity index (χ3v) is 5.62. The van der Waals surface area contributed by atoms with E-state index in [9.17, 15) is 9.59 Å². The smallest absolute Gasteiger partial charge is 0.341 e. The average molecular weight is 423 g/mol. The monoisotopic (exact) mass is 422 g/mol. The van der Waals surface area contributed by atoms with Crippen LogP contribution in [0, 0.1) is 6.92 Å². The van der Waals surface area contributed by atoms with Gasteiger partial charge in [0.15, 0.2) is 0 Å². The van der Waals surface area contributed by atoms with Gasteiger partial charge in [-0.2, -0.15) is 0 Å². The highest BCUT2D eigenvalue weighted by atomic mass is 32.1. The molecule has 6 heteroatoms. The molecule has 0 radical (unpaired) electrons. The lowest BCUT2D eigenvalue weighted by molar-refractivity contribution is -0.114. The van der Waals surface area contributed by atoms with Crippen molar-refractivity contribution in [3.63, 3.8) is 0 Å². The number of rotatable bonds is 8. The molecule has 1 heterocycles. The molecule has 3 aromatic rings. The summed E-state index contributed by atoms with van der Waals surface area (Å²) in [5, 5.41) is 8.44. The maximum absolute atomic E-state index is 12.6. The Hall–Kier alpha value is -3.12. The fraction of sp³-hybridized carbons (Fsp3) is 0.250. The van der Waals surface area contributed by atoms with Gasteiger partial charge in [-0.25, -0.2) is 4.79 Å². The summed E-state index contributed by atoms with van der Waals surface area (Å²) in [6.07, 6.45) is 0.878. The number of ether oxygens (including phenoxy) is 1. The summed E-state index contributed by atoms with van der Waals surface area (Å²) in [7, 11) is 0. The molecule has 0 spiro atoms. The zero-order valence-corrected chi connectivity index (χ0v) is 18.3. The van der Waals surface area contributed by atoms with E-state index in [0.29, 0.717) is 10.6 Å². The van der Waals surface area contributed by atoms with Gasteiger partial charge in [0, 0.05) is 16.6 Å². The molecular weight excluding hydrogens is 396 g/mol. The second-order valence-corrected chi connectivity index (χ2v) is 7.73. The van der Waals surface area contributed by atoms with Crippen molar-refractivity contribution in [2.45, 2.75) is 27.2 Å². The first-order valence-corrected chi connectivity index (χ1v) is 10.9. The number of hydrogen-bond donors (Lipinski definition) is 2. The number of carbonyl (C=O) groups is 2. The molecule has 156 valence electrons. The molecule has 2 N–H and O–H groups in total. The topological polar surface area (TPSA) is 67.4 Å². The number of hydrogen-bond acceptors (Lipinski definition) is 5. The van der Waals surface area contributed by atoms with Gasteiger partial charge in [0.1, 0.15) is 10.6 Å². The van der Waals surface area contributed by atoms with Crippen LogP contribution >= 0.6 is 11.3 Å². The summed E-state index contributed by atoms with van der Waals surface area (Å²) >= 11 is 1.33. The minimum Gasteiger partial charge on any atom is -0.462 e. The van der Waals surface area contributed by atoms with E-state index in [1.165, 1.54) is 11.3 Å². The quantitative estimate of drug-likeness (QED) is 0.470. The van der Waals surface area contributed by atoms with Crippen LogP contribution in [0.1, 0.15) is 35.3 Å². The van der Waals surface area contributed by atoms with Crippen molar-refractivity contribution in [2.75, 3.05) is 23.8 Å². The molecule has 0 saturated carbocycles. The van der Waals surface area contributed by atoms with Gasteiger partial charge in [0.25, 0.3) is 0 Å².